The van der Waals surface area contributed by atoms with E-state index in [1.165, 1.54) is 57.8 Å². The highest BCUT2D eigenvalue weighted by Gasteiger charge is 2.58. The zero-order valence-corrected chi connectivity index (χ0v) is 19.3. The van der Waals surface area contributed by atoms with Gasteiger partial charge in [-0.2, -0.15) is 0 Å². The van der Waals surface area contributed by atoms with Crippen molar-refractivity contribution in [3.63, 3.8) is 0 Å². The first-order chi connectivity index (χ1) is 13.3. The van der Waals surface area contributed by atoms with E-state index in [0.717, 1.165) is 48.3 Å². The predicted molar refractivity (Wildman–Crippen MR) is 119 cm³/mol. The molecule has 0 spiro atoms. The molecule has 1 N–H and O–H groups in total. The molecule has 0 aromatic carbocycles. The van der Waals surface area contributed by atoms with Crippen LogP contribution in [0.5, 0.6) is 0 Å². The normalized spacial score (nSPS) is 46.5. The van der Waals surface area contributed by atoms with E-state index in [2.05, 4.69) is 40.7 Å². The summed E-state index contributed by atoms with van der Waals surface area (Å²) in [4.78, 5) is 0. The lowest BCUT2D eigenvalue weighted by atomic mass is 9.44. The lowest BCUT2D eigenvalue weighted by molar-refractivity contribution is -0.118. The van der Waals surface area contributed by atoms with Crippen molar-refractivity contribution < 1.29 is 5.11 Å². The third-order valence-corrected chi connectivity index (χ3v) is 10.2. The molecule has 0 saturated heterocycles. The Labute approximate surface area is 174 Å². The summed E-state index contributed by atoms with van der Waals surface area (Å²) in [6.07, 6.45) is 17.3. The van der Waals surface area contributed by atoms with Gasteiger partial charge in [-0.1, -0.05) is 59.1 Å². The van der Waals surface area contributed by atoms with E-state index in [4.69, 9.17) is 0 Å². The van der Waals surface area contributed by atoms with Gasteiger partial charge in [-0.15, -0.1) is 0 Å². The molecule has 2 unspecified atom stereocenters. The van der Waals surface area contributed by atoms with Crippen LogP contribution in [0.1, 0.15) is 105 Å². The summed E-state index contributed by atoms with van der Waals surface area (Å²) in [5, 5.41) is 10.2. The molecule has 0 radical (unpaired) electrons. The molecular formula is C27H46O. The zero-order chi connectivity index (χ0) is 20.1. The quantitative estimate of drug-likeness (QED) is 0.488. The number of aliphatic hydroxyl groups is 1. The molecule has 8 atom stereocenters. The summed E-state index contributed by atoms with van der Waals surface area (Å²) in [5.41, 5.74) is 2.83. The van der Waals surface area contributed by atoms with Crippen LogP contribution in [0, 0.1) is 46.3 Å². The van der Waals surface area contributed by atoms with Crippen LogP contribution in [0.25, 0.3) is 0 Å². The molecule has 3 saturated carbocycles. The summed E-state index contributed by atoms with van der Waals surface area (Å²) in [7, 11) is 0. The maximum Gasteiger partial charge on any atom is 0.0543 e. The first-order valence-corrected chi connectivity index (χ1v) is 12.6. The van der Waals surface area contributed by atoms with Gasteiger partial charge in [0, 0.05) is 0 Å². The van der Waals surface area contributed by atoms with Gasteiger partial charge in [-0.25, -0.2) is 0 Å². The number of aliphatic hydroxyl groups excluding tert-OH is 1. The molecule has 0 amide bonds. The van der Waals surface area contributed by atoms with Crippen LogP contribution in [0.2, 0.25) is 0 Å². The van der Waals surface area contributed by atoms with Gasteiger partial charge in [0.25, 0.3) is 0 Å². The standard InChI is InChI=1S/C27H46O/c1-18(2)7-6-8-19(3)23-11-12-24-22-10-9-20-17-21(28)13-15-26(20,4)25(22)14-16-27(23,24)5/h11,18-22,24-25,28H,6-10,12-17H2,1-5H3/t19-,20?,21?,22+,24+,25+,26+,27-/m1/s1. The molecule has 4 rings (SSSR count). The van der Waals surface area contributed by atoms with E-state index >= 15 is 0 Å². The Bertz CT molecular complexity index is 591. The molecule has 0 aromatic heterocycles. The molecule has 4 aliphatic carbocycles. The van der Waals surface area contributed by atoms with E-state index < -0.39 is 0 Å². The highest BCUT2D eigenvalue weighted by atomic mass is 16.3. The van der Waals surface area contributed by atoms with Gasteiger partial charge >= 0.3 is 0 Å². The molecule has 1 heteroatoms. The van der Waals surface area contributed by atoms with Crippen molar-refractivity contribution in [1.29, 1.82) is 0 Å². The predicted octanol–water partition coefficient (Wildman–Crippen LogP) is 7.39. The van der Waals surface area contributed by atoms with Crippen LogP contribution < -0.4 is 0 Å². The smallest absolute Gasteiger partial charge is 0.0543 e. The summed E-state index contributed by atoms with van der Waals surface area (Å²) in [6.45, 7) is 12.5. The van der Waals surface area contributed by atoms with Crippen molar-refractivity contribution >= 4 is 0 Å². The summed E-state index contributed by atoms with van der Waals surface area (Å²) in [5.74, 6) is 5.16. The lowest BCUT2D eigenvalue weighted by Crippen LogP contribution is -2.53. The second kappa shape index (κ2) is 7.75. The largest absolute Gasteiger partial charge is 0.393 e. The highest BCUT2D eigenvalue weighted by Crippen LogP contribution is 2.67. The first-order valence-electron chi connectivity index (χ1n) is 12.6. The highest BCUT2D eigenvalue weighted by molar-refractivity contribution is 5.27. The molecule has 3 fully saturated rings. The van der Waals surface area contributed by atoms with Gasteiger partial charge in [-0.3, -0.25) is 0 Å². The molecule has 0 aliphatic heterocycles. The maximum absolute atomic E-state index is 10.2. The van der Waals surface area contributed by atoms with E-state index in [9.17, 15) is 5.11 Å². The topological polar surface area (TPSA) is 20.2 Å². The van der Waals surface area contributed by atoms with E-state index in [1.54, 1.807) is 0 Å². The Balaban J connectivity index is 1.47. The number of hydrogen-bond donors (Lipinski definition) is 1. The van der Waals surface area contributed by atoms with Gasteiger partial charge in [0.2, 0.25) is 0 Å². The van der Waals surface area contributed by atoms with Crippen LogP contribution in [0.15, 0.2) is 11.6 Å². The van der Waals surface area contributed by atoms with Crippen molar-refractivity contribution in [1.82, 2.24) is 0 Å². The average molecular weight is 387 g/mol. The SMILES string of the molecule is CC(C)CCC[C@@H](C)C1=CC[C@H]2[C@@H]3CCC4CC(O)CC[C@]4(C)[C@H]3CC[C@]12C. The Morgan fingerprint density at radius 2 is 1.79 bits per heavy atom. The number of fused-ring (bicyclic) bond motifs is 5. The Hall–Kier alpha value is -0.300. The molecule has 0 aromatic rings. The third kappa shape index (κ3) is 3.42. The molecular weight excluding hydrogens is 340 g/mol. The second-order valence-electron chi connectivity index (χ2n) is 12.2. The number of hydrogen-bond acceptors (Lipinski definition) is 1. The fourth-order valence-corrected chi connectivity index (χ4v) is 8.59. The fourth-order valence-electron chi connectivity index (χ4n) is 8.59. The fraction of sp³-hybridized carbons (Fsp3) is 0.926. The Morgan fingerprint density at radius 1 is 1.00 bits per heavy atom. The van der Waals surface area contributed by atoms with Gasteiger partial charge in [0.15, 0.2) is 0 Å². The van der Waals surface area contributed by atoms with Crippen molar-refractivity contribution in [2.45, 2.75) is 111 Å². The minimum atomic E-state index is -0.0186. The van der Waals surface area contributed by atoms with E-state index in [0.29, 0.717) is 10.8 Å². The van der Waals surface area contributed by atoms with Crippen molar-refractivity contribution in [3.8, 4) is 0 Å². The second-order valence-corrected chi connectivity index (χ2v) is 12.2. The van der Waals surface area contributed by atoms with Gasteiger partial charge in [0.1, 0.15) is 0 Å². The van der Waals surface area contributed by atoms with E-state index in [1.807, 2.05) is 5.57 Å². The average Bonchev–Trinajstić information content (AvgIpc) is 2.99. The molecule has 160 valence electrons. The van der Waals surface area contributed by atoms with Crippen LogP contribution in [0.4, 0.5) is 0 Å². The third-order valence-electron chi connectivity index (χ3n) is 10.2. The van der Waals surface area contributed by atoms with E-state index in [-0.39, 0.29) is 6.10 Å². The monoisotopic (exact) mass is 386 g/mol. The molecule has 4 aliphatic rings. The van der Waals surface area contributed by atoms with Gasteiger partial charge < -0.3 is 5.11 Å². The van der Waals surface area contributed by atoms with Crippen LogP contribution in [-0.4, -0.2) is 11.2 Å². The minimum Gasteiger partial charge on any atom is -0.393 e. The van der Waals surface area contributed by atoms with Crippen LogP contribution >= 0.6 is 0 Å². The zero-order valence-electron chi connectivity index (χ0n) is 19.3. The van der Waals surface area contributed by atoms with Crippen molar-refractivity contribution in [3.05, 3.63) is 11.6 Å². The maximum atomic E-state index is 10.2. The minimum absolute atomic E-state index is 0.0186. The summed E-state index contributed by atoms with van der Waals surface area (Å²) >= 11 is 0. The number of rotatable bonds is 5. The summed E-state index contributed by atoms with van der Waals surface area (Å²) in [6, 6.07) is 0. The van der Waals surface area contributed by atoms with Crippen LogP contribution in [0.3, 0.4) is 0 Å². The van der Waals surface area contributed by atoms with Crippen molar-refractivity contribution in [2.75, 3.05) is 0 Å². The molecule has 0 bridgehead atoms. The van der Waals surface area contributed by atoms with Crippen LogP contribution in [-0.2, 0) is 0 Å². The molecule has 28 heavy (non-hydrogen) atoms. The Kier molecular flexibility index (Phi) is 5.80. The molecule has 1 nitrogen and oxygen atoms in total. The van der Waals surface area contributed by atoms with Gasteiger partial charge in [-0.05, 0) is 104 Å². The van der Waals surface area contributed by atoms with Gasteiger partial charge in [0.05, 0.1) is 6.10 Å². The Morgan fingerprint density at radius 3 is 2.54 bits per heavy atom. The lowest BCUT2D eigenvalue weighted by Gasteiger charge is -2.61. The van der Waals surface area contributed by atoms with Crippen molar-refractivity contribution in [2.24, 2.45) is 46.3 Å². The summed E-state index contributed by atoms with van der Waals surface area (Å²) < 4.78 is 0. The first kappa shape index (κ1) is 21.0. The number of allylic oxidation sites excluding steroid dienone is 2. The molecule has 0 heterocycles.